The van der Waals surface area contributed by atoms with Crippen molar-refractivity contribution in [3.8, 4) is 11.5 Å². The van der Waals surface area contributed by atoms with Crippen LogP contribution >= 0.6 is 0 Å². The van der Waals surface area contributed by atoms with Crippen LogP contribution in [-0.2, 0) is 0 Å². The molecule has 1 heterocycles. The van der Waals surface area contributed by atoms with Crippen molar-refractivity contribution in [1.82, 2.24) is 0 Å². The molecule has 0 bridgehead atoms. The first-order valence-electron chi connectivity index (χ1n) is 6.99. The van der Waals surface area contributed by atoms with Gasteiger partial charge in [0.2, 0.25) is 5.43 Å². The van der Waals surface area contributed by atoms with Gasteiger partial charge in [-0.1, -0.05) is 0 Å². The summed E-state index contributed by atoms with van der Waals surface area (Å²) in [7, 11) is 0. The van der Waals surface area contributed by atoms with Gasteiger partial charge in [-0.25, -0.2) is 0 Å². The fourth-order valence-electron chi connectivity index (χ4n) is 2.33. The fraction of sp³-hybridized carbons (Fsp3) is 0.235. The Bertz CT molecular complexity index is 781. The zero-order valence-electron chi connectivity index (χ0n) is 12.0. The van der Waals surface area contributed by atoms with Gasteiger partial charge in [-0.2, -0.15) is 0 Å². The van der Waals surface area contributed by atoms with E-state index >= 15 is 0 Å². The molecule has 3 rings (SSSR count). The second-order valence-electron chi connectivity index (χ2n) is 4.61. The Labute approximate surface area is 121 Å². The van der Waals surface area contributed by atoms with Crippen LogP contribution in [0.15, 0.2) is 45.6 Å². The first-order valence-corrected chi connectivity index (χ1v) is 6.99. The van der Waals surface area contributed by atoms with E-state index in [4.69, 9.17) is 13.9 Å². The van der Waals surface area contributed by atoms with Crippen LogP contribution in [0, 0.1) is 0 Å². The Balaban J connectivity index is 2.25. The number of ether oxygens (including phenoxy) is 2. The molecule has 0 saturated heterocycles. The van der Waals surface area contributed by atoms with Gasteiger partial charge in [0, 0.05) is 12.1 Å². The molecule has 0 saturated carbocycles. The largest absolute Gasteiger partial charge is 0.494 e. The van der Waals surface area contributed by atoms with E-state index in [2.05, 4.69) is 0 Å². The summed E-state index contributed by atoms with van der Waals surface area (Å²) in [6.45, 7) is 4.96. The topological polar surface area (TPSA) is 48.7 Å². The molecule has 21 heavy (non-hydrogen) atoms. The third kappa shape index (κ3) is 2.44. The predicted molar refractivity (Wildman–Crippen MR) is 82.3 cm³/mol. The maximum atomic E-state index is 12.5. The molecule has 0 atom stereocenters. The maximum Gasteiger partial charge on any atom is 0.200 e. The molecule has 2 aromatic carbocycles. The van der Waals surface area contributed by atoms with E-state index in [0.29, 0.717) is 46.7 Å². The molecule has 0 aliphatic rings. The van der Waals surface area contributed by atoms with Crippen LogP contribution in [0.25, 0.3) is 21.9 Å². The molecular weight excluding hydrogens is 268 g/mol. The van der Waals surface area contributed by atoms with Crippen molar-refractivity contribution in [1.29, 1.82) is 0 Å². The lowest BCUT2D eigenvalue weighted by Crippen LogP contribution is -2.03. The van der Waals surface area contributed by atoms with E-state index in [0.717, 1.165) is 0 Å². The van der Waals surface area contributed by atoms with Crippen LogP contribution in [0.4, 0.5) is 0 Å². The van der Waals surface area contributed by atoms with Gasteiger partial charge in [-0.15, -0.1) is 0 Å². The van der Waals surface area contributed by atoms with Gasteiger partial charge in [-0.05, 0) is 38.1 Å². The van der Waals surface area contributed by atoms with Crippen LogP contribution in [-0.4, -0.2) is 13.2 Å². The van der Waals surface area contributed by atoms with Gasteiger partial charge < -0.3 is 13.9 Å². The van der Waals surface area contributed by atoms with E-state index in [9.17, 15) is 4.79 Å². The van der Waals surface area contributed by atoms with E-state index in [1.54, 1.807) is 36.4 Å². The van der Waals surface area contributed by atoms with Crippen molar-refractivity contribution in [2.24, 2.45) is 0 Å². The van der Waals surface area contributed by atoms with E-state index < -0.39 is 0 Å². The van der Waals surface area contributed by atoms with Gasteiger partial charge in [0.15, 0.2) is 0 Å². The Morgan fingerprint density at radius 2 is 1.33 bits per heavy atom. The van der Waals surface area contributed by atoms with Crippen molar-refractivity contribution in [3.63, 3.8) is 0 Å². The highest BCUT2D eigenvalue weighted by Crippen LogP contribution is 2.25. The van der Waals surface area contributed by atoms with E-state index in [1.165, 1.54) is 0 Å². The van der Waals surface area contributed by atoms with E-state index in [1.807, 2.05) is 13.8 Å². The highest BCUT2D eigenvalue weighted by molar-refractivity contribution is 5.90. The molecule has 0 amide bonds. The summed E-state index contributed by atoms with van der Waals surface area (Å²) < 4.78 is 16.7. The third-order valence-electron chi connectivity index (χ3n) is 3.24. The summed E-state index contributed by atoms with van der Waals surface area (Å²) in [5, 5.41) is 1.10. The Hall–Kier alpha value is -2.49. The minimum absolute atomic E-state index is 0.0441. The lowest BCUT2D eigenvalue weighted by atomic mass is 10.1. The molecule has 0 fully saturated rings. The minimum Gasteiger partial charge on any atom is -0.494 e. The van der Waals surface area contributed by atoms with Crippen molar-refractivity contribution in [2.75, 3.05) is 13.2 Å². The van der Waals surface area contributed by atoms with Crippen LogP contribution in [0.5, 0.6) is 11.5 Å². The summed E-state index contributed by atoms with van der Waals surface area (Å²) in [4.78, 5) is 12.5. The summed E-state index contributed by atoms with van der Waals surface area (Å²) >= 11 is 0. The molecule has 4 heteroatoms. The first-order chi connectivity index (χ1) is 10.2. The number of hydrogen-bond acceptors (Lipinski definition) is 4. The summed E-state index contributed by atoms with van der Waals surface area (Å²) in [6.07, 6.45) is 0. The number of benzene rings is 2. The van der Waals surface area contributed by atoms with Gasteiger partial charge in [0.05, 0.1) is 24.0 Å². The highest BCUT2D eigenvalue weighted by Gasteiger charge is 2.09. The summed E-state index contributed by atoms with van der Waals surface area (Å²) in [5.41, 5.74) is 0.997. The summed E-state index contributed by atoms with van der Waals surface area (Å²) in [6, 6.07) is 10.5. The molecule has 4 nitrogen and oxygen atoms in total. The fourth-order valence-corrected chi connectivity index (χ4v) is 2.33. The minimum atomic E-state index is -0.0441. The molecule has 0 radical (unpaired) electrons. The van der Waals surface area contributed by atoms with Crippen molar-refractivity contribution < 1.29 is 13.9 Å². The quantitative estimate of drug-likeness (QED) is 0.685. The Kier molecular flexibility index (Phi) is 3.52. The van der Waals surface area contributed by atoms with Crippen LogP contribution < -0.4 is 14.9 Å². The highest BCUT2D eigenvalue weighted by atomic mass is 16.5. The smallest absolute Gasteiger partial charge is 0.200 e. The number of hydrogen-bond donors (Lipinski definition) is 0. The monoisotopic (exact) mass is 284 g/mol. The number of rotatable bonds is 4. The average molecular weight is 284 g/mol. The second kappa shape index (κ2) is 5.48. The average Bonchev–Trinajstić information content (AvgIpc) is 2.48. The molecule has 3 aromatic rings. The third-order valence-corrected chi connectivity index (χ3v) is 3.24. The van der Waals surface area contributed by atoms with Crippen LogP contribution in [0.1, 0.15) is 13.8 Å². The van der Waals surface area contributed by atoms with Crippen molar-refractivity contribution >= 4 is 21.9 Å². The van der Waals surface area contributed by atoms with Gasteiger partial charge in [0.25, 0.3) is 0 Å². The van der Waals surface area contributed by atoms with Crippen LogP contribution in [0.3, 0.4) is 0 Å². The molecule has 0 aliphatic carbocycles. The predicted octanol–water partition coefficient (Wildman–Crippen LogP) is 3.74. The second-order valence-corrected chi connectivity index (χ2v) is 4.61. The van der Waals surface area contributed by atoms with Gasteiger partial charge in [-0.3, -0.25) is 4.79 Å². The van der Waals surface area contributed by atoms with E-state index in [-0.39, 0.29) is 5.43 Å². The molecule has 0 spiro atoms. The first kappa shape index (κ1) is 13.5. The van der Waals surface area contributed by atoms with Gasteiger partial charge >= 0.3 is 0 Å². The Morgan fingerprint density at radius 3 is 1.76 bits per heavy atom. The zero-order valence-corrected chi connectivity index (χ0v) is 12.0. The van der Waals surface area contributed by atoms with Crippen molar-refractivity contribution in [3.05, 3.63) is 46.6 Å². The SMILES string of the molecule is CCOc1ccc2c(=O)c3ccc(OCC)cc3oc2c1. The van der Waals surface area contributed by atoms with Crippen LogP contribution in [0.2, 0.25) is 0 Å². The standard InChI is InChI=1S/C17H16O4/c1-3-19-11-5-7-13-15(9-11)21-16-10-12(20-4-2)6-8-14(16)17(13)18/h5-10H,3-4H2,1-2H3. The van der Waals surface area contributed by atoms with Gasteiger partial charge in [0.1, 0.15) is 22.7 Å². The maximum absolute atomic E-state index is 12.5. The Morgan fingerprint density at radius 1 is 0.857 bits per heavy atom. The molecule has 108 valence electrons. The molecule has 0 unspecified atom stereocenters. The summed E-state index contributed by atoms with van der Waals surface area (Å²) in [5.74, 6) is 1.38. The van der Waals surface area contributed by atoms with Crippen molar-refractivity contribution in [2.45, 2.75) is 13.8 Å². The molecule has 0 N–H and O–H groups in total. The zero-order chi connectivity index (χ0) is 14.8. The molecular formula is C17H16O4. The molecule has 1 aromatic heterocycles. The lowest BCUT2D eigenvalue weighted by molar-refractivity contribution is 0.340. The number of fused-ring (bicyclic) bond motifs is 2. The lowest BCUT2D eigenvalue weighted by Gasteiger charge is -2.07. The molecule has 0 aliphatic heterocycles. The normalized spacial score (nSPS) is 11.0.